The fourth-order valence-corrected chi connectivity index (χ4v) is 1.94. The van der Waals surface area contributed by atoms with Gasteiger partial charge in [0.15, 0.2) is 0 Å². The average Bonchev–Trinajstić information content (AvgIpc) is 2.63. The van der Waals surface area contributed by atoms with Gasteiger partial charge in [0.1, 0.15) is 0 Å². The molecule has 0 atom stereocenters. The van der Waals surface area contributed by atoms with Gasteiger partial charge in [0.2, 0.25) is 0 Å². The summed E-state index contributed by atoms with van der Waals surface area (Å²) >= 11 is 2.32. The molecule has 0 spiro atoms. The van der Waals surface area contributed by atoms with E-state index in [-0.39, 0.29) is 17.4 Å². The fraction of sp³-hybridized carbons (Fsp3) is 0.0588. The van der Waals surface area contributed by atoms with Crippen LogP contribution in [0.1, 0.15) is 11.1 Å². The summed E-state index contributed by atoms with van der Waals surface area (Å²) in [7, 11) is 0. The van der Waals surface area contributed by atoms with Crippen molar-refractivity contribution in [2.24, 2.45) is 4.99 Å². The Labute approximate surface area is 160 Å². The Bertz CT molecular complexity index is 596. The molecule has 0 aliphatic carbocycles. The molecule has 0 aromatic heterocycles. The van der Waals surface area contributed by atoms with Crippen molar-refractivity contribution in [1.29, 1.82) is 0 Å². The van der Waals surface area contributed by atoms with Gasteiger partial charge >= 0.3 is 33.9 Å². The molecule has 23 heavy (non-hydrogen) atoms. The summed E-state index contributed by atoms with van der Waals surface area (Å²) in [6.45, 7) is 14.2. The van der Waals surface area contributed by atoms with Crippen LogP contribution in [0.2, 0.25) is 0 Å². The van der Waals surface area contributed by atoms with Crippen LogP contribution in [0.5, 0.6) is 0 Å². The number of benzene rings is 2. The van der Waals surface area contributed by atoms with Gasteiger partial charge in [-0.25, -0.2) is 0 Å². The van der Waals surface area contributed by atoms with Crippen LogP contribution < -0.4 is 0 Å². The van der Waals surface area contributed by atoms with Crippen molar-refractivity contribution >= 4 is 28.8 Å². The summed E-state index contributed by atoms with van der Waals surface area (Å²) in [6.07, 6.45) is 1.94. The zero-order valence-corrected chi connectivity index (χ0v) is 15.4. The van der Waals surface area contributed by atoms with Crippen molar-refractivity contribution in [3.8, 4) is 0 Å². The van der Waals surface area contributed by atoms with E-state index in [1.54, 1.807) is 0 Å². The summed E-state index contributed by atoms with van der Waals surface area (Å²) in [5, 5.41) is 0. The van der Waals surface area contributed by atoms with Gasteiger partial charge < -0.3 is 0 Å². The molecule has 0 heterocycles. The molecule has 2 aromatic carbocycles. The van der Waals surface area contributed by atoms with E-state index in [2.05, 4.69) is 71.8 Å². The summed E-state index contributed by atoms with van der Waals surface area (Å²) < 4.78 is 23.7. The average molecular weight is 457 g/mol. The maximum absolute atomic E-state index is 7.50. The Morgan fingerprint density at radius 3 is 1.83 bits per heavy atom. The van der Waals surface area contributed by atoms with E-state index in [0.717, 1.165) is 6.54 Å². The molecule has 0 saturated carbocycles. The first-order valence-corrected chi connectivity index (χ1v) is 6.83. The molecular formula is C17H12CrINO3. The maximum atomic E-state index is 7.50. The molecule has 0 unspecified atom stereocenters. The normalized spacial score (nSPS) is 7.78. The molecule has 4 nitrogen and oxygen atoms in total. The third kappa shape index (κ3) is 12.8. The predicted molar refractivity (Wildman–Crippen MR) is 88.7 cm³/mol. The van der Waals surface area contributed by atoms with E-state index in [0.29, 0.717) is 0 Å². The second-order valence-electron chi connectivity index (χ2n) is 3.48. The molecule has 0 radical (unpaired) electrons. The molecular weight excluding hydrogens is 445 g/mol. The Kier molecular flexibility index (Phi) is 23.7. The van der Waals surface area contributed by atoms with Gasteiger partial charge in [-0.2, -0.15) is 0 Å². The van der Waals surface area contributed by atoms with E-state index in [4.69, 9.17) is 14.0 Å². The topological polar surface area (TPSA) is 72.1 Å². The smallest absolute Gasteiger partial charge is 0 e. The van der Waals surface area contributed by atoms with Crippen molar-refractivity contribution in [1.82, 2.24) is 0 Å². The zero-order chi connectivity index (χ0) is 17.2. The Hall–Kier alpha value is -1.41. The zero-order valence-electron chi connectivity index (χ0n) is 11.9. The molecule has 0 aliphatic rings. The minimum absolute atomic E-state index is 0. The van der Waals surface area contributed by atoms with E-state index >= 15 is 0 Å². The first kappa shape index (κ1) is 26.5. The molecule has 0 fully saturated rings. The van der Waals surface area contributed by atoms with Crippen LogP contribution >= 0.6 is 22.6 Å². The van der Waals surface area contributed by atoms with Crippen molar-refractivity contribution < 1.29 is 31.3 Å². The standard InChI is InChI=1S/C14H12IN.3CO.Cr/c15-14-9-5-4-8-13(14)11-16-10-12-6-2-1-3-7-12;3*1-2;/h1-9,11H,10H2;;;;. The number of halogens is 1. The number of aliphatic imine (C=N–C) groups is 1. The third-order valence-electron chi connectivity index (χ3n) is 2.25. The van der Waals surface area contributed by atoms with Crippen LogP contribution in [0.4, 0.5) is 0 Å². The summed E-state index contributed by atoms with van der Waals surface area (Å²) in [4.78, 5) is 4.44. The SMILES string of the molecule is Ic1ccccc1C=NCc1ccccc1.[C-]#[O+].[C-]#[O+].[C-]#[O+].[Cr]. The van der Waals surface area contributed by atoms with Crippen LogP contribution in [0.15, 0.2) is 59.6 Å². The first-order chi connectivity index (χ1) is 10.9. The first-order valence-electron chi connectivity index (χ1n) is 5.76. The van der Waals surface area contributed by atoms with Crippen molar-refractivity contribution in [2.45, 2.75) is 6.54 Å². The molecule has 116 valence electrons. The van der Waals surface area contributed by atoms with Gasteiger partial charge in [0, 0.05) is 32.7 Å². The van der Waals surface area contributed by atoms with Crippen molar-refractivity contribution in [3.05, 3.63) is 89.2 Å². The molecule has 0 bridgehead atoms. The van der Waals surface area contributed by atoms with E-state index in [1.165, 1.54) is 14.7 Å². The molecule has 0 N–H and O–H groups in total. The van der Waals surface area contributed by atoms with Crippen molar-refractivity contribution in [2.75, 3.05) is 0 Å². The van der Waals surface area contributed by atoms with Crippen molar-refractivity contribution in [3.63, 3.8) is 0 Å². The minimum Gasteiger partial charge on any atom is 0 e. The van der Waals surface area contributed by atoms with Gasteiger partial charge in [-0.05, 0) is 34.2 Å². The Morgan fingerprint density at radius 1 is 0.826 bits per heavy atom. The molecule has 0 amide bonds. The van der Waals surface area contributed by atoms with E-state index in [1.807, 2.05) is 36.5 Å². The van der Waals surface area contributed by atoms with E-state index < -0.39 is 0 Å². The molecule has 6 heteroatoms. The number of rotatable bonds is 3. The van der Waals surface area contributed by atoms with E-state index in [9.17, 15) is 0 Å². The largest absolute Gasteiger partial charge is 0 e. The van der Waals surface area contributed by atoms with Gasteiger partial charge in [0.05, 0.1) is 6.54 Å². The Morgan fingerprint density at radius 2 is 1.30 bits per heavy atom. The number of hydrogen-bond donors (Lipinski definition) is 0. The molecule has 2 rings (SSSR count). The summed E-state index contributed by atoms with van der Waals surface area (Å²) in [5.41, 5.74) is 2.42. The van der Waals surface area contributed by atoms with Gasteiger partial charge in [-0.1, -0.05) is 48.5 Å². The van der Waals surface area contributed by atoms with Gasteiger partial charge in [-0.15, -0.1) is 0 Å². The molecule has 0 saturated heterocycles. The van der Waals surface area contributed by atoms with Crippen LogP contribution in [-0.4, -0.2) is 6.21 Å². The molecule has 2 aromatic rings. The predicted octanol–water partition coefficient (Wildman–Crippen LogP) is 3.80. The molecule has 0 aliphatic heterocycles. The monoisotopic (exact) mass is 457 g/mol. The van der Waals surface area contributed by atoms with Crippen LogP contribution in [0, 0.1) is 23.5 Å². The number of hydrogen-bond acceptors (Lipinski definition) is 1. The summed E-state index contributed by atoms with van der Waals surface area (Å²) in [5.74, 6) is 0. The van der Waals surface area contributed by atoms with Crippen LogP contribution in [0.3, 0.4) is 0 Å². The quantitative estimate of drug-likeness (QED) is 0.291. The third-order valence-corrected chi connectivity index (χ3v) is 3.23. The van der Waals surface area contributed by atoms with Gasteiger partial charge in [-0.3, -0.25) is 4.99 Å². The minimum atomic E-state index is 0. The summed E-state index contributed by atoms with van der Waals surface area (Å²) in [6, 6.07) is 18.5. The fourth-order valence-electron chi connectivity index (χ4n) is 1.41. The van der Waals surface area contributed by atoms with Gasteiger partial charge in [0.25, 0.3) is 0 Å². The van der Waals surface area contributed by atoms with Crippen LogP contribution in [0.25, 0.3) is 0 Å². The second kappa shape index (κ2) is 20.6. The Balaban J connectivity index is -0.000000514. The maximum Gasteiger partial charge on any atom is 0 e. The number of nitrogens with zero attached hydrogens (tertiary/aromatic N) is 1. The van der Waals surface area contributed by atoms with Crippen LogP contribution in [-0.2, 0) is 37.9 Å². The second-order valence-corrected chi connectivity index (χ2v) is 4.64.